The van der Waals surface area contributed by atoms with Gasteiger partial charge in [0.1, 0.15) is 0 Å². The van der Waals surface area contributed by atoms with Crippen LogP contribution < -0.4 is 0 Å². The maximum atomic E-state index is 4.48. The van der Waals surface area contributed by atoms with E-state index in [1.54, 1.807) is 0 Å². The fourth-order valence-corrected chi connectivity index (χ4v) is 5.33. The minimum atomic E-state index is -0.446. The third-order valence-corrected chi connectivity index (χ3v) is 7.09. The number of aromatic nitrogens is 2. The van der Waals surface area contributed by atoms with Crippen molar-refractivity contribution in [1.29, 1.82) is 0 Å². The zero-order valence-corrected chi connectivity index (χ0v) is 21.3. The highest BCUT2D eigenvalue weighted by molar-refractivity contribution is 7.19. The third kappa shape index (κ3) is 4.23. The normalized spacial score (nSPS) is 12.8. The molecule has 3 rings (SSSR count). The molecule has 30 heavy (non-hydrogen) atoms. The number of pyridine rings is 2. The molecule has 2 atom stereocenters. The minimum Gasteiger partial charge on any atom is -0.264 e. The molecule has 2 unspecified atom stereocenters. The fraction of sp³-hybridized carbons (Fsp3) is 0.385. The van der Waals surface area contributed by atoms with E-state index in [4.69, 9.17) is 0 Å². The first-order chi connectivity index (χ1) is 14.0. The highest BCUT2D eigenvalue weighted by Crippen LogP contribution is 2.51. The second kappa shape index (κ2) is 8.49. The Morgan fingerprint density at radius 1 is 0.733 bits per heavy atom. The van der Waals surface area contributed by atoms with Gasteiger partial charge < -0.3 is 0 Å². The summed E-state index contributed by atoms with van der Waals surface area (Å²) in [6.07, 6.45) is 8.54. The van der Waals surface area contributed by atoms with Crippen LogP contribution in [-0.4, -0.2) is 9.97 Å². The summed E-state index contributed by atoms with van der Waals surface area (Å²) in [6, 6.07) is 13.0. The van der Waals surface area contributed by atoms with Crippen LogP contribution in [0.1, 0.15) is 74.9 Å². The molecule has 0 aliphatic heterocycles. The molecule has 0 aliphatic rings. The van der Waals surface area contributed by atoms with Crippen LogP contribution in [0.25, 0.3) is 0 Å². The van der Waals surface area contributed by atoms with Gasteiger partial charge in [-0.15, -0.1) is 18.5 Å². The average molecular weight is 437 g/mol. The van der Waals surface area contributed by atoms with Gasteiger partial charge in [-0.2, -0.15) is 0 Å². The Hall–Kier alpha value is -1.62. The number of benzene rings is 1. The van der Waals surface area contributed by atoms with Crippen molar-refractivity contribution in [3.8, 4) is 0 Å². The molecule has 2 nitrogen and oxygen atoms in total. The van der Waals surface area contributed by atoms with E-state index in [9.17, 15) is 0 Å². The largest absolute Gasteiger partial charge is 0.264 e. The zero-order chi connectivity index (χ0) is 22.2. The van der Waals surface area contributed by atoms with Crippen LogP contribution in [0.4, 0.5) is 0 Å². The molecule has 0 saturated heterocycles. The predicted molar refractivity (Wildman–Crippen MR) is 135 cm³/mol. The molecule has 0 radical (unpaired) electrons. The SMILES string of the molecule is CC(C)(C)c1ccc(CP)c(C(P)(c2cccnc2)c2cccnc2)c1C(C)(C)C. The molecule has 4 heteroatoms. The predicted octanol–water partition coefficient (Wildman–Crippen LogP) is 6.61. The molecule has 1 aromatic carbocycles. The molecule has 2 aromatic heterocycles. The van der Waals surface area contributed by atoms with Gasteiger partial charge in [0.05, 0.1) is 5.16 Å². The molecule has 0 aliphatic carbocycles. The van der Waals surface area contributed by atoms with Gasteiger partial charge in [0.25, 0.3) is 0 Å². The van der Waals surface area contributed by atoms with Gasteiger partial charge in [-0.3, -0.25) is 9.97 Å². The van der Waals surface area contributed by atoms with Crippen LogP contribution in [0.5, 0.6) is 0 Å². The van der Waals surface area contributed by atoms with E-state index in [0.29, 0.717) is 0 Å². The Morgan fingerprint density at radius 3 is 1.63 bits per heavy atom. The summed E-state index contributed by atoms with van der Waals surface area (Å²) in [4.78, 5) is 8.96. The van der Waals surface area contributed by atoms with E-state index in [1.807, 2.05) is 36.9 Å². The van der Waals surface area contributed by atoms with Crippen LogP contribution in [0, 0.1) is 0 Å². The van der Waals surface area contributed by atoms with Crippen molar-refractivity contribution in [2.45, 2.75) is 63.7 Å². The van der Waals surface area contributed by atoms with Crippen molar-refractivity contribution >= 4 is 18.5 Å². The maximum absolute atomic E-state index is 4.48. The average Bonchev–Trinajstić information content (AvgIpc) is 2.72. The van der Waals surface area contributed by atoms with Gasteiger partial charge >= 0.3 is 0 Å². The lowest BCUT2D eigenvalue weighted by Gasteiger charge is -2.41. The number of rotatable bonds is 4. The summed E-state index contributed by atoms with van der Waals surface area (Å²) in [5, 5.41) is -0.446. The van der Waals surface area contributed by atoms with E-state index in [-0.39, 0.29) is 10.8 Å². The molecule has 3 aromatic rings. The lowest BCUT2D eigenvalue weighted by atomic mass is 9.68. The van der Waals surface area contributed by atoms with E-state index >= 15 is 0 Å². The highest BCUT2D eigenvalue weighted by Gasteiger charge is 2.40. The molecular formula is C26H34N2P2. The summed E-state index contributed by atoms with van der Waals surface area (Å²) in [6.45, 7) is 13.9. The fourth-order valence-electron chi connectivity index (χ4n) is 4.32. The molecule has 0 N–H and O–H groups in total. The van der Waals surface area contributed by atoms with Crippen molar-refractivity contribution < 1.29 is 0 Å². The molecular weight excluding hydrogens is 402 g/mol. The van der Waals surface area contributed by atoms with Crippen molar-refractivity contribution in [3.63, 3.8) is 0 Å². The van der Waals surface area contributed by atoms with Gasteiger partial charge in [0, 0.05) is 24.8 Å². The Labute approximate surface area is 186 Å². The first-order valence-electron chi connectivity index (χ1n) is 10.5. The Morgan fingerprint density at radius 2 is 1.27 bits per heavy atom. The van der Waals surface area contributed by atoms with Gasteiger partial charge in [-0.05, 0) is 62.5 Å². The summed E-state index contributed by atoms with van der Waals surface area (Å²) < 4.78 is 0. The zero-order valence-electron chi connectivity index (χ0n) is 19.0. The second-order valence-electron chi connectivity index (χ2n) is 10.0. The monoisotopic (exact) mass is 436 g/mol. The highest BCUT2D eigenvalue weighted by atomic mass is 31.0. The summed E-state index contributed by atoms with van der Waals surface area (Å²) in [5.74, 6) is 0. The third-order valence-electron chi connectivity index (χ3n) is 5.70. The Bertz CT molecular complexity index is 961. The van der Waals surface area contributed by atoms with Crippen molar-refractivity contribution in [2.75, 3.05) is 0 Å². The smallest absolute Gasteiger partial charge is 0.0627 e. The minimum absolute atomic E-state index is 0.0277. The molecule has 0 fully saturated rings. The summed E-state index contributed by atoms with van der Waals surface area (Å²) in [5.41, 5.74) is 7.80. The van der Waals surface area contributed by atoms with Crippen molar-refractivity contribution in [1.82, 2.24) is 9.97 Å². The quantitative estimate of drug-likeness (QED) is 0.430. The van der Waals surface area contributed by atoms with Crippen LogP contribution in [0.3, 0.4) is 0 Å². The molecule has 0 bridgehead atoms. The van der Waals surface area contributed by atoms with Crippen molar-refractivity contribution in [2.24, 2.45) is 0 Å². The van der Waals surface area contributed by atoms with E-state index in [2.05, 4.69) is 94.3 Å². The van der Waals surface area contributed by atoms with E-state index < -0.39 is 5.16 Å². The van der Waals surface area contributed by atoms with Gasteiger partial charge in [0.2, 0.25) is 0 Å². The molecule has 0 amide bonds. The van der Waals surface area contributed by atoms with Crippen LogP contribution in [0.2, 0.25) is 0 Å². The summed E-state index contributed by atoms with van der Waals surface area (Å²) >= 11 is 0. The van der Waals surface area contributed by atoms with Gasteiger partial charge in [-0.1, -0.05) is 65.8 Å². The summed E-state index contributed by atoms with van der Waals surface area (Å²) in [7, 11) is 6.12. The van der Waals surface area contributed by atoms with Crippen LogP contribution >= 0.6 is 18.5 Å². The molecule has 2 heterocycles. The molecule has 0 saturated carbocycles. The first-order valence-corrected chi connectivity index (χ1v) is 11.9. The number of hydrogen-bond acceptors (Lipinski definition) is 2. The van der Waals surface area contributed by atoms with E-state index in [0.717, 1.165) is 17.3 Å². The Kier molecular flexibility index (Phi) is 6.52. The van der Waals surface area contributed by atoms with Gasteiger partial charge in [0.15, 0.2) is 0 Å². The maximum Gasteiger partial charge on any atom is 0.0627 e. The van der Waals surface area contributed by atoms with Crippen LogP contribution in [0.15, 0.2) is 61.2 Å². The number of hydrogen-bond donors (Lipinski definition) is 0. The Balaban J connectivity index is 2.54. The molecule has 0 spiro atoms. The first kappa shape index (κ1) is 23.1. The topological polar surface area (TPSA) is 25.8 Å². The van der Waals surface area contributed by atoms with Crippen molar-refractivity contribution in [3.05, 3.63) is 94.6 Å². The van der Waals surface area contributed by atoms with Gasteiger partial charge in [-0.25, -0.2) is 0 Å². The van der Waals surface area contributed by atoms with Crippen LogP contribution in [-0.2, 0) is 22.1 Å². The second-order valence-corrected chi connectivity index (χ2v) is 11.3. The standard InChI is InChI=1S/C26H34N2P2/c1-24(2,3)21-12-11-18(17-29)22(23(21)25(4,5)6)26(30,19-9-7-13-27-15-19)20-10-8-14-28-16-20/h7-16H,17,29-30H2,1-6H3. The lowest BCUT2D eigenvalue weighted by molar-refractivity contribution is 0.521. The lowest BCUT2D eigenvalue weighted by Crippen LogP contribution is -2.32. The van der Waals surface area contributed by atoms with E-state index in [1.165, 1.54) is 22.3 Å². The number of nitrogens with zero attached hydrogens (tertiary/aromatic N) is 2. The molecule has 158 valence electrons.